The molecule has 3 atom stereocenters. The average molecular weight is 365 g/mol. The number of nitrogens with zero attached hydrogens (tertiary/aromatic N) is 1. The Balaban J connectivity index is 1.44. The highest BCUT2D eigenvalue weighted by Gasteiger charge is 2.54. The number of amides is 2. The van der Waals surface area contributed by atoms with Crippen molar-refractivity contribution in [3.05, 3.63) is 28.7 Å². The molecule has 2 amide bonds. The van der Waals surface area contributed by atoms with Gasteiger partial charge in [-0.25, -0.2) is 4.79 Å². The smallest absolute Gasteiger partial charge is 0.322 e. The van der Waals surface area contributed by atoms with E-state index in [1.807, 2.05) is 29.2 Å². The summed E-state index contributed by atoms with van der Waals surface area (Å²) in [5.74, 6) is 1.47. The van der Waals surface area contributed by atoms with Crippen molar-refractivity contribution in [3.63, 3.8) is 0 Å². The van der Waals surface area contributed by atoms with Crippen molar-refractivity contribution >= 4 is 27.6 Å². The number of urea groups is 1. The van der Waals surface area contributed by atoms with Crippen LogP contribution < -0.4 is 5.32 Å². The second kappa shape index (κ2) is 5.53. The number of anilines is 1. The number of nitrogens with one attached hydrogen (secondary N) is 1. The summed E-state index contributed by atoms with van der Waals surface area (Å²) in [5.41, 5.74) is 0.778. The lowest BCUT2D eigenvalue weighted by molar-refractivity contribution is -0.126. The fourth-order valence-electron chi connectivity index (χ4n) is 4.48. The molecule has 22 heavy (non-hydrogen) atoms. The quantitative estimate of drug-likeness (QED) is 0.821. The third kappa shape index (κ3) is 2.54. The molecule has 0 unspecified atom stereocenters. The largest absolute Gasteiger partial charge is 0.371 e. The summed E-state index contributed by atoms with van der Waals surface area (Å²) in [5, 5.41) is 3.00. The van der Waals surface area contributed by atoms with E-state index in [0.29, 0.717) is 19.1 Å². The molecule has 3 aliphatic rings. The molecular formula is C17H21BrN2O2. The molecule has 2 aliphatic carbocycles. The molecule has 4 nitrogen and oxygen atoms in total. The van der Waals surface area contributed by atoms with Crippen LogP contribution in [0.1, 0.15) is 25.7 Å². The molecule has 1 aromatic rings. The van der Waals surface area contributed by atoms with Crippen LogP contribution in [0.15, 0.2) is 28.7 Å². The Morgan fingerprint density at radius 3 is 2.82 bits per heavy atom. The molecule has 1 N–H and O–H groups in total. The van der Waals surface area contributed by atoms with Crippen LogP contribution in [0.25, 0.3) is 0 Å². The standard InChI is InChI=1S/C17H21BrN2O2/c18-14-3-5-15(6-4-14)19-16(21)20-7-8-22-17(11-20)10-12-1-2-13(17)9-12/h3-6,12-13H,1-2,7-11H2,(H,19,21)/t12-,13-,17-/m0/s1. The SMILES string of the molecule is O=C(Nc1ccc(Br)cc1)N1CCO[C@@]2(C[C@H]3CC[C@H]2C3)C1. The molecule has 3 fully saturated rings. The first-order chi connectivity index (χ1) is 10.6. The predicted molar refractivity (Wildman–Crippen MR) is 88.9 cm³/mol. The monoisotopic (exact) mass is 364 g/mol. The molecule has 0 aromatic heterocycles. The number of hydrogen-bond donors (Lipinski definition) is 1. The van der Waals surface area contributed by atoms with Gasteiger partial charge in [-0.15, -0.1) is 0 Å². The molecule has 0 radical (unpaired) electrons. The van der Waals surface area contributed by atoms with Gasteiger partial charge in [0, 0.05) is 16.7 Å². The maximum absolute atomic E-state index is 12.5. The second-order valence-electron chi connectivity index (χ2n) is 6.85. The summed E-state index contributed by atoms with van der Waals surface area (Å²) in [7, 11) is 0. The summed E-state index contributed by atoms with van der Waals surface area (Å²) >= 11 is 3.41. The molecule has 118 valence electrons. The Morgan fingerprint density at radius 1 is 1.32 bits per heavy atom. The van der Waals surface area contributed by atoms with Gasteiger partial charge in [0.15, 0.2) is 0 Å². The minimum Gasteiger partial charge on any atom is -0.371 e. The highest BCUT2D eigenvalue weighted by atomic mass is 79.9. The fraction of sp³-hybridized carbons (Fsp3) is 0.588. The second-order valence-corrected chi connectivity index (χ2v) is 7.77. The molecule has 4 rings (SSSR count). The molecule has 1 heterocycles. The lowest BCUT2D eigenvalue weighted by Crippen LogP contribution is -2.57. The molecule has 1 aromatic carbocycles. The van der Waals surface area contributed by atoms with Gasteiger partial charge in [0.05, 0.1) is 18.8 Å². The van der Waals surface area contributed by atoms with Gasteiger partial charge < -0.3 is 15.0 Å². The first kappa shape index (κ1) is 14.5. The predicted octanol–water partition coefficient (Wildman–Crippen LogP) is 3.87. The van der Waals surface area contributed by atoms with Gasteiger partial charge in [0.25, 0.3) is 0 Å². The lowest BCUT2D eigenvalue weighted by atomic mass is 9.83. The molecular weight excluding hydrogens is 344 g/mol. The summed E-state index contributed by atoms with van der Waals surface area (Å²) in [4.78, 5) is 14.5. The number of halogens is 1. The van der Waals surface area contributed by atoms with E-state index >= 15 is 0 Å². The van der Waals surface area contributed by atoms with E-state index in [-0.39, 0.29) is 11.6 Å². The van der Waals surface area contributed by atoms with Gasteiger partial charge in [0.1, 0.15) is 0 Å². The van der Waals surface area contributed by atoms with Gasteiger partial charge in [-0.05, 0) is 61.8 Å². The van der Waals surface area contributed by atoms with E-state index in [9.17, 15) is 4.79 Å². The van der Waals surface area contributed by atoms with Crippen molar-refractivity contribution in [2.45, 2.75) is 31.3 Å². The number of carbonyl (C=O) groups excluding carboxylic acids is 1. The summed E-state index contributed by atoms with van der Waals surface area (Å²) < 4.78 is 7.19. The van der Waals surface area contributed by atoms with Crippen molar-refractivity contribution in [2.75, 3.05) is 25.0 Å². The maximum Gasteiger partial charge on any atom is 0.322 e. The first-order valence-electron chi connectivity index (χ1n) is 8.10. The Bertz CT molecular complexity index is 577. The fourth-order valence-corrected chi connectivity index (χ4v) is 4.74. The molecule has 1 spiro atoms. The van der Waals surface area contributed by atoms with E-state index in [1.165, 1.54) is 19.3 Å². The number of hydrogen-bond acceptors (Lipinski definition) is 2. The number of fused-ring (bicyclic) bond motifs is 3. The summed E-state index contributed by atoms with van der Waals surface area (Å²) in [6.07, 6.45) is 5.05. The Labute approximate surface area is 139 Å². The Hall–Kier alpha value is -1.07. The van der Waals surface area contributed by atoms with E-state index in [0.717, 1.165) is 29.0 Å². The van der Waals surface area contributed by atoms with Crippen LogP contribution in [0.3, 0.4) is 0 Å². The number of benzene rings is 1. The van der Waals surface area contributed by atoms with Gasteiger partial charge >= 0.3 is 6.03 Å². The van der Waals surface area contributed by atoms with E-state index < -0.39 is 0 Å². The summed E-state index contributed by atoms with van der Waals surface area (Å²) in [6, 6.07) is 7.69. The Morgan fingerprint density at radius 2 is 2.14 bits per heavy atom. The molecule has 1 saturated heterocycles. The third-order valence-electron chi connectivity index (χ3n) is 5.51. The van der Waals surface area contributed by atoms with E-state index in [4.69, 9.17) is 4.74 Å². The minimum absolute atomic E-state index is 0.00669. The average Bonchev–Trinajstić information content (AvgIpc) is 3.10. The maximum atomic E-state index is 12.5. The van der Waals surface area contributed by atoms with Crippen molar-refractivity contribution in [3.8, 4) is 0 Å². The highest BCUT2D eigenvalue weighted by molar-refractivity contribution is 9.10. The van der Waals surface area contributed by atoms with Crippen LogP contribution in [0.5, 0.6) is 0 Å². The van der Waals surface area contributed by atoms with E-state index in [1.54, 1.807) is 0 Å². The number of morpholine rings is 1. The number of rotatable bonds is 1. The van der Waals surface area contributed by atoms with Crippen LogP contribution >= 0.6 is 15.9 Å². The van der Waals surface area contributed by atoms with Gasteiger partial charge in [-0.1, -0.05) is 15.9 Å². The van der Waals surface area contributed by atoms with Crippen molar-refractivity contribution in [1.29, 1.82) is 0 Å². The van der Waals surface area contributed by atoms with Crippen LogP contribution in [0.4, 0.5) is 10.5 Å². The molecule has 5 heteroatoms. The minimum atomic E-state index is -0.0573. The lowest BCUT2D eigenvalue weighted by Gasteiger charge is -2.45. The van der Waals surface area contributed by atoms with Crippen molar-refractivity contribution in [1.82, 2.24) is 4.90 Å². The topological polar surface area (TPSA) is 41.6 Å². The van der Waals surface area contributed by atoms with Gasteiger partial charge in [-0.3, -0.25) is 0 Å². The van der Waals surface area contributed by atoms with Crippen molar-refractivity contribution < 1.29 is 9.53 Å². The number of carbonyl (C=O) groups is 1. The van der Waals surface area contributed by atoms with Crippen LogP contribution in [0.2, 0.25) is 0 Å². The normalized spacial score (nSPS) is 33.4. The van der Waals surface area contributed by atoms with Gasteiger partial charge in [-0.2, -0.15) is 0 Å². The third-order valence-corrected chi connectivity index (χ3v) is 6.04. The molecule has 2 bridgehead atoms. The first-order valence-corrected chi connectivity index (χ1v) is 8.89. The van der Waals surface area contributed by atoms with Gasteiger partial charge in [0.2, 0.25) is 0 Å². The number of ether oxygens (including phenoxy) is 1. The van der Waals surface area contributed by atoms with Crippen LogP contribution in [-0.4, -0.2) is 36.2 Å². The van der Waals surface area contributed by atoms with Crippen LogP contribution in [0, 0.1) is 11.8 Å². The zero-order valence-electron chi connectivity index (χ0n) is 12.6. The zero-order valence-corrected chi connectivity index (χ0v) is 14.1. The molecule has 2 saturated carbocycles. The van der Waals surface area contributed by atoms with Crippen LogP contribution in [-0.2, 0) is 4.74 Å². The van der Waals surface area contributed by atoms with Crippen molar-refractivity contribution in [2.24, 2.45) is 11.8 Å². The molecule has 1 aliphatic heterocycles. The van der Waals surface area contributed by atoms with E-state index in [2.05, 4.69) is 21.2 Å². The summed E-state index contributed by atoms with van der Waals surface area (Å²) in [6.45, 7) is 2.09. The highest BCUT2D eigenvalue weighted by Crippen LogP contribution is 2.53. The Kier molecular flexibility index (Phi) is 3.65. The zero-order chi connectivity index (χ0) is 15.2.